The molecule has 0 spiro atoms. The summed E-state index contributed by atoms with van der Waals surface area (Å²) < 4.78 is 2.47. The largest absolute Gasteiger partial charge is 0.344 e. The minimum absolute atomic E-state index is 0.659. The summed E-state index contributed by atoms with van der Waals surface area (Å²) in [5.74, 6) is 0.780. The molecule has 0 unspecified atom stereocenters. The molecule has 0 saturated carbocycles. The maximum absolute atomic E-state index is 5.77. The molecule has 3 heteroatoms. The Hall–Kier alpha value is -0.990. The molecule has 2 nitrogen and oxygen atoms in total. The number of para-hydroxylation sites is 1. The summed E-state index contributed by atoms with van der Waals surface area (Å²) in [7, 11) is 0. The van der Waals surface area contributed by atoms with Gasteiger partial charge in [0, 0.05) is 36.7 Å². The normalized spacial score (nSPS) is 18.2. The summed E-state index contributed by atoms with van der Waals surface area (Å²) in [5.41, 5.74) is 1.38. The number of aromatic nitrogens is 1. The molecule has 2 aromatic rings. The third-order valence-corrected chi connectivity index (χ3v) is 4.46. The van der Waals surface area contributed by atoms with Gasteiger partial charge in [-0.1, -0.05) is 18.2 Å². The van der Waals surface area contributed by atoms with E-state index in [-0.39, 0.29) is 0 Å². The van der Waals surface area contributed by atoms with Crippen molar-refractivity contribution in [3.05, 3.63) is 36.5 Å². The van der Waals surface area contributed by atoms with Crippen LogP contribution in [0.15, 0.2) is 36.5 Å². The highest BCUT2D eigenvalue weighted by Crippen LogP contribution is 2.27. The first kappa shape index (κ1) is 13.0. The average molecular weight is 277 g/mol. The predicted octanol–water partition coefficient (Wildman–Crippen LogP) is 3.91. The molecule has 1 aromatic heterocycles. The first-order valence-corrected chi connectivity index (χ1v) is 7.76. The number of fused-ring (bicyclic) bond motifs is 1. The number of alkyl halides is 1. The van der Waals surface area contributed by atoms with Crippen LogP contribution in [0.5, 0.6) is 0 Å². The highest BCUT2D eigenvalue weighted by Gasteiger charge is 2.20. The van der Waals surface area contributed by atoms with Crippen LogP contribution in [0.2, 0.25) is 0 Å². The van der Waals surface area contributed by atoms with Crippen molar-refractivity contribution in [1.29, 1.82) is 0 Å². The number of benzene rings is 1. The summed E-state index contributed by atoms with van der Waals surface area (Å²) in [6, 6.07) is 11.6. The topological polar surface area (TPSA) is 8.17 Å². The fraction of sp³-hybridized carbons (Fsp3) is 0.500. The van der Waals surface area contributed by atoms with E-state index in [9.17, 15) is 0 Å². The summed E-state index contributed by atoms with van der Waals surface area (Å²) >= 11 is 5.77. The Bertz CT molecular complexity index is 526. The summed E-state index contributed by atoms with van der Waals surface area (Å²) in [4.78, 5) is 2.55. The van der Waals surface area contributed by atoms with E-state index in [0.717, 1.165) is 18.8 Å². The molecule has 1 aliphatic rings. The van der Waals surface area contributed by atoms with Gasteiger partial charge in [0.1, 0.15) is 0 Å². The molecule has 0 N–H and O–H groups in total. The number of nitrogens with zero attached hydrogens (tertiary/aromatic N) is 2. The second-order valence-corrected chi connectivity index (χ2v) is 5.78. The van der Waals surface area contributed by atoms with Crippen molar-refractivity contribution in [2.45, 2.75) is 25.3 Å². The summed E-state index contributed by atoms with van der Waals surface area (Å²) in [6.07, 6.45) is 5.87. The number of likely N-dealkylation sites (tertiary alicyclic amines) is 1. The Morgan fingerprint density at radius 1 is 1.11 bits per heavy atom. The Balaban J connectivity index is 1.68. The van der Waals surface area contributed by atoms with Gasteiger partial charge in [-0.05, 0) is 43.3 Å². The van der Waals surface area contributed by atoms with Gasteiger partial charge in [0.05, 0.1) is 0 Å². The lowest BCUT2D eigenvalue weighted by Gasteiger charge is -2.33. The molecule has 0 amide bonds. The number of piperidine rings is 1. The van der Waals surface area contributed by atoms with Gasteiger partial charge < -0.3 is 9.47 Å². The Labute approximate surface area is 120 Å². The number of halogens is 1. The van der Waals surface area contributed by atoms with Crippen LogP contribution in [0.3, 0.4) is 0 Å². The first-order valence-electron chi connectivity index (χ1n) is 7.22. The Morgan fingerprint density at radius 3 is 2.68 bits per heavy atom. The lowest BCUT2D eigenvalue weighted by Crippen LogP contribution is -2.35. The molecule has 1 aliphatic heterocycles. The zero-order valence-electron chi connectivity index (χ0n) is 11.3. The molecule has 1 fully saturated rings. The molecule has 3 rings (SSSR count). The fourth-order valence-electron chi connectivity index (χ4n) is 3.13. The van der Waals surface area contributed by atoms with Crippen LogP contribution in [0.1, 0.15) is 25.3 Å². The minimum Gasteiger partial charge on any atom is -0.344 e. The standard InChI is InChI=1S/C16H21ClN2/c17-9-3-10-18-11-7-15(8-12-18)19-13-6-14-4-1-2-5-16(14)19/h1-2,4-6,13,15H,3,7-12H2. The minimum atomic E-state index is 0.659. The maximum atomic E-state index is 5.77. The molecule has 0 radical (unpaired) electrons. The van der Waals surface area contributed by atoms with E-state index in [1.165, 1.54) is 36.8 Å². The second kappa shape index (κ2) is 5.98. The van der Waals surface area contributed by atoms with E-state index in [1.807, 2.05) is 0 Å². The summed E-state index contributed by atoms with van der Waals surface area (Å²) in [5, 5.41) is 1.35. The van der Waals surface area contributed by atoms with Gasteiger partial charge in [-0.15, -0.1) is 11.6 Å². The van der Waals surface area contributed by atoms with Crippen molar-refractivity contribution in [1.82, 2.24) is 9.47 Å². The van der Waals surface area contributed by atoms with Crippen LogP contribution >= 0.6 is 11.6 Å². The van der Waals surface area contributed by atoms with Gasteiger partial charge >= 0.3 is 0 Å². The van der Waals surface area contributed by atoms with Crippen molar-refractivity contribution >= 4 is 22.5 Å². The van der Waals surface area contributed by atoms with E-state index in [1.54, 1.807) is 0 Å². The molecule has 102 valence electrons. The van der Waals surface area contributed by atoms with Crippen LogP contribution in [0.4, 0.5) is 0 Å². The van der Waals surface area contributed by atoms with Crippen LogP contribution in [0, 0.1) is 0 Å². The van der Waals surface area contributed by atoms with Gasteiger partial charge in [0.25, 0.3) is 0 Å². The second-order valence-electron chi connectivity index (χ2n) is 5.40. The molecule has 19 heavy (non-hydrogen) atoms. The SMILES string of the molecule is ClCCCN1CCC(n2ccc3ccccc32)CC1. The van der Waals surface area contributed by atoms with Crippen molar-refractivity contribution in [2.75, 3.05) is 25.5 Å². The number of hydrogen-bond donors (Lipinski definition) is 0. The van der Waals surface area contributed by atoms with Gasteiger partial charge in [-0.25, -0.2) is 0 Å². The molecule has 2 heterocycles. The number of rotatable bonds is 4. The van der Waals surface area contributed by atoms with Crippen molar-refractivity contribution in [3.8, 4) is 0 Å². The highest BCUT2D eigenvalue weighted by atomic mass is 35.5. The zero-order chi connectivity index (χ0) is 13.1. The van der Waals surface area contributed by atoms with Crippen molar-refractivity contribution in [2.24, 2.45) is 0 Å². The molecular formula is C16H21ClN2. The predicted molar refractivity (Wildman–Crippen MR) is 82.0 cm³/mol. The van der Waals surface area contributed by atoms with E-state index < -0.39 is 0 Å². The molecule has 0 atom stereocenters. The zero-order valence-corrected chi connectivity index (χ0v) is 12.0. The van der Waals surface area contributed by atoms with Gasteiger partial charge in [0.2, 0.25) is 0 Å². The molecule has 1 saturated heterocycles. The summed E-state index contributed by atoms with van der Waals surface area (Å²) in [6.45, 7) is 3.56. The Kier molecular flexibility index (Phi) is 4.09. The third kappa shape index (κ3) is 2.80. The van der Waals surface area contributed by atoms with Crippen molar-refractivity contribution in [3.63, 3.8) is 0 Å². The van der Waals surface area contributed by atoms with Crippen LogP contribution in [-0.4, -0.2) is 35.0 Å². The van der Waals surface area contributed by atoms with E-state index in [0.29, 0.717) is 6.04 Å². The van der Waals surface area contributed by atoms with E-state index in [4.69, 9.17) is 11.6 Å². The average Bonchev–Trinajstić information content (AvgIpc) is 2.90. The number of hydrogen-bond acceptors (Lipinski definition) is 1. The quantitative estimate of drug-likeness (QED) is 0.769. The molecule has 0 aliphatic carbocycles. The van der Waals surface area contributed by atoms with Crippen LogP contribution < -0.4 is 0 Å². The lowest BCUT2D eigenvalue weighted by atomic mass is 10.0. The third-order valence-electron chi connectivity index (χ3n) is 4.19. The maximum Gasteiger partial charge on any atom is 0.0482 e. The van der Waals surface area contributed by atoms with Gasteiger partial charge in [0.15, 0.2) is 0 Å². The van der Waals surface area contributed by atoms with Gasteiger partial charge in [-0.2, -0.15) is 0 Å². The van der Waals surface area contributed by atoms with Crippen molar-refractivity contribution < 1.29 is 0 Å². The lowest BCUT2D eigenvalue weighted by molar-refractivity contribution is 0.189. The monoisotopic (exact) mass is 276 g/mol. The van der Waals surface area contributed by atoms with Gasteiger partial charge in [-0.3, -0.25) is 0 Å². The Morgan fingerprint density at radius 2 is 1.89 bits per heavy atom. The molecule has 1 aromatic carbocycles. The fourth-order valence-corrected chi connectivity index (χ4v) is 3.25. The molecule has 0 bridgehead atoms. The molecular weight excluding hydrogens is 256 g/mol. The highest BCUT2D eigenvalue weighted by molar-refractivity contribution is 6.17. The van der Waals surface area contributed by atoms with Crippen LogP contribution in [0.25, 0.3) is 10.9 Å². The van der Waals surface area contributed by atoms with E-state index in [2.05, 4.69) is 46.0 Å². The van der Waals surface area contributed by atoms with Crippen LogP contribution in [-0.2, 0) is 0 Å². The first-order chi connectivity index (χ1) is 9.38. The smallest absolute Gasteiger partial charge is 0.0482 e. The van der Waals surface area contributed by atoms with E-state index >= 15 is 0 Å².